The first-order valence-electron chi connectivity index (χ1n) is 13.6. The second-order valence-corrected chi connectivity index (χ2v) is 12.9. The van der Waals surface area contributed by atoms with Gasteiger partial charge in [-0.3, -0.25) is 9.69 Å². The summed E-state index contributed by atoms with van der Waals surface area (Å²) in [5.41, 5.74) is 2.77. The molecule has 0 spiro atoms. The minimum atomic E-state index is -3.01. The summed E-state index contributed by atoms with van der Waals surface area (Å²) >= 11 is 0. The van der Waals surface area contributed by atoms with E-state index in [4.69, 9.17) is 5.26 Å². The highest BCUT2D eigenvalue weighted by atomic mass is 32.2. The van der Waals surface area contributed by atoms with Gasteiger partial charge >= 0.3 is 0 Å². The van der Waals surface area contributed by atoms with Crippen molar-refractivity contribution in [3.8, 4) is 6.07 Å². The fourth-order valence-electron chi connectivity index (χ4n) is 5.05. The van der Waals surface area contributed by atoms with E-state index in [1.54, 1.807) is 12.1 Å². The molecular formula is C29H38FN5O3S. The first-order chi connectivity index (χ1) is 18.7. The van der Waals surface area contributed by atoms with Crippen LogP contribution in [0.4, 0.5) is 4.39 Å². The Kier molecular flexibility index (Phi) is 10.1. The molecule has 2 aromatic rings. The number of halogens is 1. The van der Waals surface area contributed by atoms with E-state index in [9.17, 15) is 17.6 Å². The van der Waals surface area contributed by atoms with Gasteiger partial charge in [0.1, 0.15) is 15.7 Å². The quantitative estimate of drug-likeness (QED) is 0.366. The summed E-state index contributed by atoms with van der Waals surface area (Å²) in [6, 6.07) is 16.2. The molecule has 0 radical (unpaired) electrons. The van der Waals surface area contributed by atoms with Crippen LogP contribution in [0, 0.1) is 17.1 Å². The summed E-state index contributed by atoms with van der Waals surface area (Å²) in [4.78, 5) is 17.5. The van der Waals surface area contributed by atoms with Crippen LogP contribution < -0.4 is 10.6 Å². The first kappa shape index (κ1) is 29.2. The standard InChI is InChI=1S/C29H38FN5O3S/c1-39(37,38)18-17-34-13-15-35(16-14-34)29(36)27(33-21-23-6-4-22(20-31)5-7-23)3-2-12-32-28-19-26(28)24-8-10-25(30)11-9-24/h4-11,26-28,32-33H,2-3,12-19,21H2,1H3/t26-,27-,28+/m0/s1. The van der Waals surface area contributed by atoms with Crippen molar-refractivity contribution < 1.29 is 17.6 Å². The molecule has 8 nitrogen and oxygen atoms in total. The molecule has 4 rings (SSSR count). The predicted octanol–water partition coefficient (Wildman–Crippen LogP) is 2.27. The van der Waals surface area contributed by atoms with Crippen molar-refractivity contribution in [1.82, 2.24) is 20.4 Å². The molecule has 0 aromatic heterocycles. The highest BCUT2D eigenvalue weighted by Crippen LogP contribution is 2.40. The molecule has 2 aromatic carbocycles. The lowest BCUT2D eigenvalue weighted by molar-refractivity contribution is -0.135. The number of nitrogens with zero attached hydrogens (tertiary/aromatic N) is 3. The zero-order chi connectivity index (χ0) is 27.8. The van der Waals surface area contributed by atoms with Gasteiger partial charge < -0.3 is 15.5 Å². The Morgan fingerprint density at radius 1 is 1.10 bits per heavy atom. The maximum Gasteiger partial charge on any atom is 0.239 e. The third kappa shape index (κ3) is 9.11. The van der Waals surface area contributed by atoms with E-state index in [1.807, 2.05) is 29.2 Å². The number of amides is 1. The molecule has 1 saturated heterocycles. The molecule has 39 heavy (non-hydrogen) atoms. The van der Waals surface area contributed by atoms with E-state index < -0.39 is 9.84 Å². The number of hydrogen-bond donors (Lipinski definition) is 2. The molecule has 0 bridgehead atoms. The Bertz CT molecular complexity index is 1240. The topological polar surface area (TPSA) is 106 Å². The highest BCUT2D eigenvalue weighted by molar-refractivity contribution is 7.90. The fraction of sp³-hybridized carbons (Fsp3) is 0.517. The van der Waals surface area contributed by atoms with E-state index in [0.717, 1.165) is 30.5 Å². The van der Waals surface area contributed by atoms with Crippen LogP contribution in [-0.2, 0) is 21.2 Å². The number of nitriles is 1. The summed E-state index contributed by atoms with van der Waals surface area (Å²) in [5.74, 6) is 0.396. The summed E-state index contributed by atoms with van der Waals surface area (Å²) in [5, 5.41) is 16.1. The molecule has 1 amide bonds. The maximum absolute atomic E-state index is 13.5. The molecule has 1 aliphatic heterocycles. The Balaban J connectivity index is 1.27. The number of carbonyl (C=O) groups is 1. The average Bonchev–Trinajstić information content (AvgIpc) is 3.71. The maximum atomic E-state index is 13.5. The van der Waals surface area contributed by atoms with Gasteiger partial charge in [-0.15, -0.1) is 0 Å². The lowest BCUT2D eigenvalue weighted by atomic mass is 10.1. The van der Waals surface area contributed by atoms with Crippen molar-refractivity contribution in [2.24, 2.45) is 0 Å². The Hall–Kier alpha value is -2.84. The largest absolute Gasteiger partial charge is 0.339 e. The van der Waals surface area contributed by atoms with Crippen molar-refractivity contribution in [3.05, 3.63) is 71.0 Å². The minimum absolute atomic E-state index is 0.0713. The molecule has 1 aliphatic carbocycles. The van der Waals surface area contributed by atoms with Crippen LogP contribution in [0.25, 0.3) is 0 Å². The molecule has 1 heterocycles. The smallest absolute Gasteiger partial charge is 0.239 e. The van der Waals surface area contributed by atoms with E-state index in [-0.39, 0.29) is 23.5 Å². The minimum Gasteiger partial charge on any atom is -0.339 e. The number of hydrogen-bond acceptors (Lipinski definition) is 7. The molecule has 10 heteroatoms. The fourth-order valence-corrected chi connectivity index (χ4v) is 5.64. The van der Waals surface area contributed by atoms with Gasteiger partial charge in [0, 0.05) is 57.5 Å². The van der Waals surface area contributed by atoms with Gasteiger partial charge in [-0.05, 0) is 61.2 Å². The summed E-state index contributed by atoms with van der Waals surface area (Å²) in [7, 11) is -3.01. The number of rotatable bonds is 13. The van der Waals surface area contributed by atoms with Gasteiger partial charge in [-0.25, -0.2) is 12.8 Å². The monoisotopic (exact) mass is 555 g/mol. The zero-order valence-corrected chi connectivity index (χ0v) is 23.3. The molecule has 0 unspecified atom stereocenters. The summed E-state index contributed by atoms with van der Waals surface area (Å²) in [6.07, 6.45) is 3.80. The van der Waals surface area contributed by atoms with Gasteiger partial charge in [0.25, 0.3) is 0 Å². The van der Waals surface area contributed by atoms with E-state index >= 15 is 0 Å². The van der Waals surface area contributed by atoms with Gasteiger partial charge in [0.05, 0.1) is 23.4 Å². The number of piperazine rings is 1. The molecule has 1 saturated carbocycles. The SMILES string of the molecule is CS(=O)(=O)CCN1CCN(C(=O)[C@H](CCCN[C@@H]2C[C@H]2c2ccc(F)cc2)NCc2ccc(C#N)cc2)CC1. The van der Waals surface area contributed by atoms with Crippen LogP contribution in [-0.4, -0.2) is 87.5 Å². The van der Waals surface area contributed by atoms with Crippen LogP contribution in [0.2, 0.25) is 0 Å². The second kappa shape index (κ2) is 13.5. The van der Waals surface area contributed by atoms with Crippen LogP contribution in [0.3, 0.4) is 0 Å². The highest BCUT2D eigenvalue weighted by Gasteiger charge is 2.37. The third-order valence-corrected chi connectivity index (χ3v) is 8.48. The number of nitrogens with one attached hydrogen (secondary N) is 2. The van der Waals surface area contributed by atoms with Gasteiger partial charge in [-0.1, -0.05) is 24.3 Å². The van der Waals surface area contributed by atoms with Crippen molar-refractivity contribution >= 4 is 15.7 Å². The lowest BCUT2D eigenvalue weighted by Gasteiger charge is -2.36. The number of benzene rings is 2. The Morgan fingerprint density at radius 3 is 2.44 bits per heavy atom. The molecule has 2 aliphatic rings. The van der Waals surface area contributed by atoms with Gasteiger partial charge in [-0.2, -0.15) is 5.26 Å². The molecule has 2 fully saturated rings. The predicted molar refractivity (Wildman–Crippen MR) is 149 cm³/mol. The molecule has 2 N–H and O–H groups in total. The van der Waals surface area contributed by atoms with Crippen LogP contribution >= 0.6 is 0 Å². The van der Waals surface area contributed by atoms with Gasteiger partial charge in [0.15, 0.2) is 0 Å². The average molecular weight is 556 g/mol. The Morgan fingerprint density at radius 2 is 1.79 bits per heavy atom. The number of sulfone groups is 1. The zero-order valence-electron chi connectivity index (χ0n) is 22.5. The first-order valence-corrected chi connectivity index (χ1v) is 15.7. The van der Waals surface area contributed by atoms with Crippen LogP contribution in [0.5, 0.6) is 0 Å². The van der Waals surface area contributed by atoms with Gasteiger partial charge in [0.2, 0.25) is 5.91 Å². The van der Waals surface area contributed by atoms with Crippen molar-refractivity contribution in [3.63, 3.8) is 0 Å². The summed E-state index contributed by atoms with van der Waals surface area (Å²) in [6.45, 7) is 4.31. The molecule has 3 atom stereocenters. The second-order valence-electron chi connectivity index (χ2n) is 10.6. The number of carbonyl (C=O) groups excluding carboxylic acids is 1. The van der Waals surface area contributed by atoms with Crippen LogP contribution in [0.1, 0.15) is 41.9 Å². The lowest BCUT2D eigenvalue weighted by Crippen LogP contribution is -2.54. The van der Waals surface area contributed by atoms with Crippen LogP contribution in [0.15, 0.2) is 48.5 Å². The molecular weight excluding hydrogens is 517 g/mol. The normalized spacial score (nSPS) is 20.4. The molecule has 210 valence electrons. The van der Waals surface area contributed by atoms with Crippen molar-refractivity contribution in [2.45, 2.75) is 43.8 Å². The van der Waals surface area contributed by atoms with E-state index in [2.05, 4.69) is 21.6 Å². The summed E-state index contributed by atoms with van der Waals surface area (Å²) < 4.78 is 36.2. The van der Waals surface area contributed by atoms with E-state index in [1.165, 1.54) is 18.4 Å². The Labute approximate surface area is 231 Å². The van der Waals surface area contributed by atoms with Crippen molar-refractivity contribution in [1.29, 1.82) is 5.26 Å². The third-order valence-electron chi connectivity index (χ3n) is 7.56. The van der Waals surface area contributed by atoms with Crippen molar-refractivity contribution in [2.75, 3.05) is 51.3 Å². The van der Waals surface area contributed by atoms with E-state index in [0.29, 0.717) is 63.2 Å².